The SMILES string of the molecule is C[C@@H]1C[C@@H](C(N)=O)N(C(=O)CCCCCC/C=C\[C@@H]2C[C@@H]2C(=O)NS(=O)(=O)C2CC2)C1. The molecule has 0 spiro atoms. The van der Waals surface area contributed by atoms with Crippen molar-refractivity contribution in [1.29, 1.82) is 0 Å². The Morgan fingerprint density at radius 1 is 1.10 bits per heavy atom. The highest BCUT2D eigenvalue weighted by Crippen LogP contribution is 2.40. The number of carbonyl (C=O) groups excluding carboxylic acids is 3. The Bertz CT molecular complexity index is 821. The summed E-state index contributed by atoms with van der Waals surface area (Å²) in [6.45, 7) is 2.65. The first-order valence-electron chi connectivity index (χ1n) is 11.5. The minimum absolute atomic E-state index is 0.0230. The molecule has 3 fully saturated rings. The number of nitrogens with zero attached hydrogens (tertiary/aromatic N) is 1. The first-order chi connectivity index (χ1) is 14.7. The smallest absolute Gasteiger partial charge is 0.240 e. The van der Waals surface area contributed by atoms with Crippen LogP contribution in [0.3, 0.4) is 0 Å². The van der Waals surface area contributed by atoms with Crippen LogP contribution in [0.15, 0.2) is 12.2 Å². The number of hydrogen-bond donors (Lipinski definition) is 2. The summed E-state index contributed by atoms with van der Waals surface area (Å²) >= 11 is 0. The molecule has 3 N–H and O–H groups in total. The lowest BCUT2D eigenvalue weighted by molar-refractivity contribution is -0.137. The van der Waals surface area contributed by atoms with Crippen LogP contribution in [0.5, 0.6) is 0 Å². The lowest BCUT2D eigenvalue weighted by Crippen LogP contribution is -2.43. The molecule has 0 bridgehead atoms. The molecule has 1 saturated heterocycles. The third-order valence-electron chi connectivity index (χ3n) is 6.44. The Kier molecular flexibility index (Phi) is 7.78. The molecule has 1 aliphatic heterocycles. The number of likely N-dealkylation sites (tertiary alicyclic amines) is 1. The highest BCUT2D eigenvalue weighted by molar-refractivity contribution is 7.90. The Balaban J connectivity index is 1.23. The van der Waals surface area contributed by atoms with E-state index in [1.165, 1.54) is 0 Å². The molecule has 3 aliphatic rings. The fraction of sp³-hybridized carbons (Fsp3) is 0.773. The lowest BCUT2D eigenvalue weighted by atomic mass is 10.1. The highest BCUT2D eigenvalue weighted by Gasteiger charge is 2.45. The number of carbonyl (C=O) groups is 3. The fourth-order valence-corrected chi connectivity index (χ4v) is 5.66. The van der Waals surface area contributed by atoms with Crippen molar-refractivity contribution >= 4 is 27.7 Å². The quantitative estimate of drug-likeness (QED) is 0.344. The molecule has 1 heterocycles. The fourth-order valence-electron chi connectivity index (χ4n) is 4.30. The van der Waals surface area contributed by atoms with Gasteiger partial charge in [0.2, 0.25) is 27.7 Å². The zero-order chi connectivity index (χ0) is 22.6. The van der Waals surface area contributed by atoms with Gasteiger partial charge < -0.3 is 10.6 Å². The molecule has 174 valence electrons. The van der Waals surface area contributed by atoms with Crippen LogP contribution in [0, 0.1) is 17.8 Å². The van der Waals surface area contributed by atoms with Gasteiger partial charge in [-0.1, -0.05) is 31.9 Å². The van der Waals surface area contributed by atoms with E-state index in [1.807, 2.05) is 13.0 Å². The zero-order valence-electron chi connectivity index (χ0n) is 18.3. The molecule has 3 rings (SSSR count). The molecule has 0 aromatic heterocycles. The van der Waals surface area contributed by atoms with E-state index < -0.39 is 22.0 Å². The van der Waals surface area contributed by atoms with E-state index in [9.17, 15) is 22.8 Å². The third kappa shape index (κ3) is 6.79. The van der Waals surface area contributed by atoms with Crippen LogP contribution in [-0.4, -0.2) is 48.9 Å². The molecule has 2 saturated carbocycles. The van der Waals surface area contributed by atoms with E-state index in [4.69, 9.17) is 5.73 Å². The average molecular weight is 454 g/mol. The van der Waals surface area contributed by atoms with Crippen molar-refractivity contribution in [1.82, 2.24) is 9.62 Å². The molecule has 2 aliphatic carbocycles. The first-order valence-corrected chi connectivity index (χ1v) is 13.0. The van der Waals surface area contributed by atoms with Gasteiger partial charge in [0.25, 0.3) is 0 Å². The maximum Gasteiger partial charge on any atom is 0.240 e. The van der Waals surface area contributed by atoms with Crippen molar-refractivity contribution < 1.29 is 22.8 Å². The molecule has 9 heteroatoms. The summed E-state index contributed by atoms with van der Waals surface area (Å²) < 4.78 is 25.8. The van der Waals surface area contributed by atoms with Gasteiger partial charge >= 0.3 is 0 Å². The summed E-state index contributed by atoms with van der Waals surface area (Å²) in [4.78, 5) is 37.5. The molecular formula is C22H35N3O5S. The Labute approximate surface area is 185 Å². The van der Waals surface area contributed by atoms with Crippen molar-refractivity contribution in [3.63, 3.8) is 0 Å². The number of sulfonamides is 1. The second-order valence-corrected chi connectivity index (χ2v) is 11.4. The van der Waals surface area contributed by atoms with E-state index in [-0.39, 0.29) is 28.9 Å². The van der Waals surface area contributed by atoms with E-state index in [2.05, 4.69) is 10.8 Å². The predicted molar refractivity (Wildman–Crippen MR) is 117 cm³/mol. The summed E-state index contributed by atoms with van der Waals surface area (Å²) in [6.07, 6.45) is 11.9. The van der Waals surface area contributed by atoms with E-state index in [0.29, 0.717) is 44.6 Å². The zero-order valence-corrected chi connectivity index (χ0v) is 19.1. The largest absolute Gasteiger partial charge is 0.368 e. The maximum atomic E-state index is 12.4. The van der Waals surface area contributed by atoms with E-state index >= 15 is 0 Å². The molecule has 0 aromatic rings. The van der Waals surface area contributed by atoms with Gasteiger partial charge in [0.05, 0.1) is 5.25 Å². The topological polar surface area (TPSA) is 127 Å². The summed E-state index contributed by atoms with van der Waals surface area (Å²) in [5, 5.41) is -0.372. The number of primary amides is 1. The molecule has 0 aromatic carbocycles. The second kappa shape index (κ2) is 10.1. The molecule has 0 radical (unpaired) electrons. The minimum Gasteiger partial charge on any atom is -0.368 e. The number of nitrogens with one attached hydrogen (secondary N) is 1. The Morgan fingerprint density at radius 3 is 2.48 bits per heavy atom. The van der Waals surface area contributed by atoms with Gasteiger partial charge in [-0.15, -0.1) is 0 Å². The number of amides is 3. The van der Waals surface area contributed by atoms with Crippen molar-refractivity contribution in [3.8, 4) is 0 Å². The first kappa shape index (κ1) is 23.8. The number of allylic oxidation sites excluding steroid dienone is 2. The summed E-state index contributed by atoms with van der Waals surface area (Å²) in [5.74, 6) is -0.509. The van der Waals surface area contributed by atoms with Gasteiger partial charge in [-0.2, -0.15) is 0 Å². The molecular weight excluding hydrogens is 418 g/mol. The van der Waals surface area contributed by atoms with Crippen LogP contribution < -0.4 is 10.5 Å². The Morgan fingerprint density at radius 2 is 1.81 bits per heavy atom. The van der Waals surface area contributed by atoms with Gasteiger partial charge in [-0.25, -0.2) is 8.42 Å². The number of rotatable bonds is 12. The average Bonchev–Trinajstić information content (AvgIpc) is 3.60. The van der Waals surface area contributed by atoms with Crippen LogP contribution in [0.4, 0.5) is 0 Å². The van der Waals surface area contributed by atoms with Crippen molar-refractivity contribution in [2.45, 2.75) is 82.4 Å². The van der Waals surface area contributed by atoms with Crippen molar-refractivity contribution in [2.24, 2.45) is 23.5 Å². The summed E-state index contributed by atoms with van der Waals surface area (Å²) in [5.41, 5.74) is 5.41. The number of unbranched alkanes of at least 4 members (excludes halogenated alkanes) is 4. The maximum absolute atomic E-state index is 12.4. The van der Waals surface area contributed by atoms with Gasteiger partial charge in [-0.05, 0) is 56.8 Å². The number of hydrogen-bond acceptors (Lipinski definition) is 5. The second-order valence-electron chi connectivity index (χ2n) is 9.40. The molecule has 0 unspecified atom stereocenters. The molecule has 31 heavy (non-hydrogen) atoms. The molecule has 3 amide bonds. The third-order valence-corrected chi connectivity index (χ3v) is 8.27. The van der Waals surface area contributed by atoms with Crippen LogP contribution in [-0.2, 0) is 24.4 Å². The summed E-state index contributed by atoms with van der Waals surface area (Å²) in [7, 11) is -3.45. The van der Waals surface area contributed by atoms with Crippen LogP contribution >= 0.6 is 0 Å². The highest BCUT2D eigenvalue weighted by atomic mass is 32.2. The standard InChI is InChI=1S/C22H35N3O5S/c1-15-12-19(21(23)27)25(14-15)20(26)9-7-5-3-2-4-6-8-16-13-18(16)22(28)24-31(29,30)17-10-11-17/h6,8,15-19H,2-5,7,9-14H2,1H3,(H2,23,27)(H,24,28)/b8-6-/t15-,16-,18+,19+/m1/s1. The normalized spacial score (nSPS) is 28.1. The van der Waals surface area contributed by atoms with Gasteiger partial charge in [0.1, 0.15) is 6.04 Å². The van der Waals surface area contributed by atoms with Gasteiger partial charge in [0, 0.05) is 18.9 Å². The summed E-state index contributed by atoms with van der Waals surface area (Å²) in [6, 6.07) is -0.449. The Hall–Kier alpha value is -1.90. The van der Waals surface area contributed by atoms with E-state index in [1.54, 1.807) is 4.90 Å². The van der Waals surface area contributed by atoms with E-state index in [0.717, 1.165) is 32.1 Å². The molecule has 4 atom stereocenters. The monoisotopic (exact) mass is 453 g/mol. The van der Waals surface area contributed by atoms with Gasteiger partial charge in [-0.3, -0.25) is 19.1 Å². The van der Waals surface area contributed by atoms with Crippen LogP contribution in [0.1, 0.15) is 71.1 Å². The molecule has 8 nitrogen and oxygen atoms in total. The van der Waals surface area contributed by atoms with Gasteiger partial charge in [0.15, 0.2) is 0 Å². The predicted octanol–water partition coefficient (Wildman–Crippen LogP) is 1.85. The number of nitrogens with two attached hydrogens (primary N) is 1. The van der Waals surface area contributed by atoms with Crippen LogP contribution in [0.2, 0.25) is 0 Å². The minimum atomic E-state index is -3.45. The lowest BCUT2D eigenvalue weighted by Gasteiger charge is -2.22. The van der Waals surface area contributed by atoms with Crippen molar-refractivity contribution in [3.05, 3.63) is 12.2 Å². The van der Waals surface area contributed by atoms with Crippen LogP contribution in [0.25, 0.3) is 0 Å². The van der Waals surface area contributed by atoms with Crippen molar-refractivity contribution in [2.75, 3.05) is 6.54 Å².